The first-order valence-corrected chi connectivity index (χ1v) is 6.43. The van der Waals surface area contributed by atoms with Gasteiger partial charge in [0.15, 0.2) is 10.6 Å². The van der Waals surface area contributed by atoms with E-state index in [1.54, 1.807) is 0 Å². The van der Waals surface area contributed by atoms with Crippen molar-refractivity contribution in [3.05, 3.63) is 46.5 Å². The third-order valence-electron chi connectivity index (χ3n) is 3.05. The maximum atomic E-state index is 9.22. The van der Waals surface area contributed by atoms with Crippen molar-refractivity contribution in [2.24, 2.45) is 0 Å². The van der Waals surface area contributed by atoms with Gasteiger partial charge in [0.05, 0.1) is 0 Å². The van der Waals surface area contributed by atoms with Gasteiger partial charge in [-0.05, 0) is 37.5 Å². The number of aryl methyl sites for hydroxylation is 1. The molecule has 1 unspecified atom stereocenters. The highest BCUT2D eigenvalue weighted by molar-refractivity contribution is 7.71. The van der Waals surface area contributed by atoms with E-state index in [9.17, 15) is 5.11 Å². The van der Waals surface area contributed by atoms with Crippen LogP contribution in [0.2, 0.25) is 0 Å². The van der Waals surface area contributed by atoms with E-state index in [1.807, 2.05) is 22.8 Å². The lowest BCUT2D eigenvalue weighted by molar-refractivity contribution is 0.259. The standard InChI is InChI=1S/C13H17N3OS/c1-10(7-8-11-5-3-2-4-6-11)16-12(9-17)14-15-13(16)18/h2-6,10,17H,7-9H2,1H3,(H,15,18). The molecule has 0 spiro atoms. The molecule has 1 heterocycles. The molecule has 1 aromatic heterocycles. The van der Waals surface area contributed by atoms with Crippen LogP contribution in [0.1, 0.15) is 30.8 Å². The van der Waals surface area contributed by atoms with Crippen molar-refractivity contribution in [2.45, 2.75) is 32.4 Å². The summed E-state index contributed by atoms with van der Waals surface area (Å²) in [6.45, 7) is 2.00. The van der Waals surface area contributed by atoms with Gasteiger partial charge >= 0.3 is 0 Å². The number of H-pyrrole nitrogens is 1. The van der Waals surface area contributed by atoms with Crippen molar-refractivity contribution in [3.8, 4) is 0 Å². The minimum atomic E-state index is -0.0944. The third-order valence-corrected chi connectivity index (χ3v) is 3.34. The van der Waals surface area contributed by atoms with Gasteiger partial charge in [-0.3, -0.25) is 9.67 Å². The SMILES string of the molecule is CC(CCc1ccccc1)n1c(CO)n[nH]c1=S. The average molecular weight is 263 g/mol. The first-order chi connectivity index (χ1) is 8.72. The Labute approximate surface area is 111 Å². The van der Waals surface area contributed by atoms with Gasteiger partial charge in [0.2, 0.25) is 0 Å². The van der Waals surface area contributed by atoms with E-state index in [0.717, 1.165) is 12.8 Å². The van der Waals surface area contributed by atoms with Gasteiger partial charge in [-0.2, -0.15) is 5.10 Å². The van der Waals surface area contributed by atoms with Gasteiger partial charge in [-0.1, -0.05) is 30.3 Å². The summed E-state index contributed by atoms with van der Waals surface area (Å²) in [6.07, 6.45) is 1.95. The van der Waals surface area contributed by atoms with Crippen molar-refractivity contribution in [1.29, 1.82) is 0 Å². The molecule has 0 saturated heterocycles. The lowest BCUT2D eigenvalue weighted by atomic mass is 10.1. The van der Waals surface area contributed by atoms with Crippen LogP contribution in [0.3, 0.4) is 0 Å². The Morgan fingerprint density at radius 3 is 2.78 bits per heavy atom. The predicted molar refractivity (Wildman–Crippen MR) is 72.8 cm³/mol. The number of nitrogens with one attached hydrogen (secondary N) is 1. The van der Waals surface area contributed by atoms with Gasteiger partial charge in [0.1, 0.15) is 6.61 Å². The fourth-order valence-corrected chi connectivity index (χ4v) is 2.38. The minimum absolute atomic E-state index is 0.0944. The Bertz CT molecular complexity index is 547. The van der Waals surface area contributed by atoms with Crippen LogP contribution in [0, 0.1) is 4.77 Å². The molecule has 0 aliphatic heterocycles. The number of nitrogens with zero attached hydrogens (tertiary/aromatic N) is 2. The summed E-state index contributed by atoms with van der Waals surface area (Å²) in [5, 5.41) is 15.9. The summed E-state index contributed by atoms with van der Waals surface area (Å²) in [5.74, 6) is 0.598. The number of hydrogen-bond acceptors (Lipinski definition) is 3. The molecule has 1 atom stereocenters. The van der Waals surface area contributed by atoms with Crippen LogP contribution in [-0.4, -0.2) is 19.9 Å². The molecule has 0 aliphatic rings. The van der Waals surface area contributed by atoms with E-state index < -0.39 is 0 Å². The van der Waals surface area contributed by atoms with Gasteiger partial charge in [0, 0.05) is 6.04 Å². The average Bonchev–Trinajstić information content (AvgIpc) is 2.78. The summed E-state index contributed by atoms with van der Waals surface area (Å²) in [4.78, 5) is 0. The van der Waals surface area contributed by atoms with Crippen LogP contribution in [0.25, 0.3) is 0 Å². The Morgan fingerprint density at radius 1 is 1.39 bits per heavy atom. The molecule has 2 N–H and O–H groups in total. The van der Waals surface area contributed by atoms with Gasteiger partial charge < -0.3 is 5.11 Å². The van der Waals surface area contributed by atoms with Crippen LogP contribution in [0.5, 0.6) is 0 Å². The van der Waals surface area contributed by atoms with Gasteiger partial charge in [-0.15, -0.1) is 0 Å². The van der Waals surface area contributed by atoms with Crippen molar-refractivity contribution in [1.82, 2.24) is 14.8 Å². The van der Waals surface area contributed by atoms with Crippen LogP contribution >= 0.6 is 12.2 Å². The normalized spacial score (nSPS) is 12.6. The number of benzene rings is 1. The fraction of sp³-hybridized carbons (Fsp3) is 0.385. The molecule has 0 radical (unpaired) electrons. The summed E-state index contributed by atoms with van der Waals surface area (Å²) in [5.41, 5.74) is 1.31. The first kappa shape index (κ1) is 13.0. The van der Waals surface area contributed by atoms with E-state index in [1.165, 1.54) is 5.56 Å². The maximum absolute atomic E-state index is 9.22. The zero-order valence-corrected chi connectivity index (χ0v) is 11.2. The van der Waals surface area contributed by atoms with Crippen molar-refractivity contribution >= 4 is 12.2 Å². The number of aliphatic hydroxyl groups excluding tert-OH is 1. The highest BCUT2D eigenvalue weighted by Crippen LogP contribution is 2.16. The summed E-state index contributed by atoms with van der Waals surface area (Å²) < 4.78 is 2.46. The monoisotopic (exact) mass is 263 g/mol. The fourth-order valence-electron chi connectivity index (χ4n) is 2.05. The molecule has 0 saturated carbocycles. The molecular weight excluding hydrogens is 246 g/mol. The van der Waals surface area contributed by atoms with E-state index in [2.05, 4.69) is 29.3 Å². The number of hydrogen-bond donors (Lipinski definition) is 2. The summed E-state index contributed by atoms with van der Waals surface area (Å²) in [6, 6.07) is 10.6. The van der Waals surface area contributed by atoms with Crippen LogP contribution in [0.15, 0.2) is 30.3 Å². The van der Waals surface area contributed by atoms with E-state index >= 15 is 0 Å². The quantitative estimate of drug-likeness (QED) is 0.815. The summed E-state index contributed by atoms with van der Waals surface area (Å²) >= 11 is 5.18. The van der Waals surface area contributed by atoms with Gasteiger partial charge in [0.25, 0.3) is 0 Å². The van der Waals surface area contributed by atoms with Crippen LogP contribution in [-0.2, 0) is 13.0 Å². The lowest BCUT2D eigenvalue weighted by Crippen LogP contribution is -2.10. The lowest BCUT2D eigenvalue weighted by Gasteiger charge is -2.14. The Kier molecular flexibility index (Phi) is 4.28. The van der Waals surface area contributed by atoms with Gasteiger partial charge in [-0.25, -0.2) is 0 Å². The second-order valence-electron chi connectivity index (χ2n) is 4.35. The molecule has 4 nitrogen and oxygen atoms in total. The Balaban J connectivity index is 2.06. The second-order valence-corrected chi connectivity index (χ2v) is 4.73. The predicted octanol–water partition coefficient (Wildman–Crippen LogP) is 2.63. The molecule has 0 bridgehead atoms. The zero-order valence-electron chi connectivity index (χ0n) is 10.3. The number of aliphatic hydroxyl groups is 1. The minimum Gasteiger partial charge on any atom is -0.388 e. The first-order valence-electron chi connectivity index (χ1n) is 6.03. The van der Waals surface area contributed by atoms with E-state index in [0.29, 0.717) is 10.6 Å². The number of aromatic amines is 1. The third kappa shape index (κ3) is 2.86. The Hall–Kier alpha value is -1.46. The largest absolute Gasteiger partial charge is 0.388 e. The van der Waals surface area contributed by atoms with Crippen LogP contribution in [0.4, 0.5) is 0 Å². The molecule has 5 heteroatoms. The molecule has 0 fully saturated rings. The van der Waals surface area contributed by atoms with Crippen molar-refractivity contribution in [3.63, 3.8) is 0 Å². The van der Waals surface area contributed by atoms with Crippen molar-refractivity contribution < 1.29 is 5.11 Å². The van der Waals surface area contributed by atoms with Crippen LogP contribution < -0.4 is 0 Å². The number of rotatable bonds is 5. The molecular formula is C13H17N3OS. The van der Waals surface area contributed by atoms with E-state index in [4.69, 9.17) is 12.2 Å². The molecule has 18 heavy (non-hydrogen) atoms. The molecule has 2 rings (SSSR count). The zero-order chi connectivity index (χ0) is 13.0. The highest BCUT2D eigenvalue weighted by atomic mass is 32.1. The van der Waals surface area contributed by atoms with E-state index in [-0.39, 0.29) is 12.6 Å². The smallest absolute Gasteiger partial charge is 0.195 e. The molecule has 1 aromatic carbocycles. The molecule has 0 aliphatic carbocycles. The molecule has 0 amide bonds. The Morgan fingerprint density at radius 2 is 2.11 bits per heavy atom. The van der Waals surface area contributed by atoms with Crippen molar-refractivity contribution in [2.75, 3.05) is 0 Å². The topological polar surface area (TPSA) is 53.8 Å². The maximum Gasteiger partial charge on any atom is 0.195 e. The number of aromatic nitrogens is 3. The molecule has 96 valence electrons. The second kappa shape index (κ2) is 5.93. The summed E-state index contributed by atoms with van der Waals surface area (Å²) in [7, 11) is 0. The highest BCUT2D eigenvalue weighted by Gasteiger charge is 2.11. The molecule has 2 aromatic rings.